The fourth-order valence-electron chi connectivity index (χ4n) is 1.89. The van der Waals surface area contributed by atoms with Gasteiger partial charge in [-0.15, -0.1) is 0 Å². The van der Waals surface area contributed by atoms with Crippen molar-refractivity contribution in [2.45, 2.75) is 39.2 Å². The standard InChI is InChI=1S/C12H18N4/c1-8(13)9-10(12(2,3)4)15-11-14-6-5-7-16(9)11/h5-8H,13H2,1-4H3. The average Bonchev–Trinajstić information content (AvgIpc) is 2.55. The molecule has 1 unspecified atom stereocenters. The zero-order chi connectivity index (χ0) is 11.9. The van der Waals surface area contributed by atoms with Gasteiger partial charge in [0, 0.05) is 23.9 Å². The average molecular weight is 218 g/mol. The van der Waals surface area contributed by atoms with Crippen LogP contribution in [0.15, 0.2) is 18.5 Å². The Bertz CT molecular complexity index is 505. The van der Waals surface area contributed by atoms with Gasteiger partial charge in [0.1, 0.15) is 0 Å². The van der Waals surface area contributed by atoms with E-state index in [0.717, 1.165) is 17.2 Å². The van der Waals surface area contributed by atoms with Gasteiger partial charge in [0.15, 0.2) is 0 Å². The number of hydrogen-bond donors (Lipinski definition) is 1. The van der Waals surface area contributed by atoms with Crippen LogP contribution in [-0.2, 0) is 5.41 Å². The van der Waals surface area contributed by atoms with Crippen molar-refractivity contribution >= 4 is 5.78 Å². The zero-order valence-electron chi connectivity index (χ0n) is 10.2. The lowest BCUT2D eigenvalue weighted by Crippen LogP contribution is -2.19. The van der Waals surface area contributed by atoms with Crippen LogP contribution in [0.1, 0.15) is 45.1 Å². The molecule has 2 heterocycles. The van der Waals surface area contributed by atoms with E-state index in [9.17, 15) is 0 Å². The van der Waals surface area contributed by atoms with Crippen LogP contribution in [0, 0.1) is 0 Å². The Balaban J connectivity index is 2.78. The molecule has 0 aromatic carbocycles. The number of imidazole rings is 1. The minimum Gasteiger partial charge on any atom is -0.323 e. The number of rotatable bonds is 1. The Morgan fingerprint density at radius 1 is 1.38 bits per heavy atom. The third-order valence-electron chi connectivity index (χ3n) is 2.58. The molecule has 0 fully saturated rings. The first-order valence-corrected chi connectivity index (χ1v) is 5.50. The molecule has 2 aromatic rings. The third kappa shape index (κ3) is 1.69. The molecule has 2 rings (SSSR count). The van der Waals surface area contributed by atoms with E-state index >= 15 is 0 Å². The van der Waals surface area contributed by atoms with E-state index < -0.39 is 0 Å². The second kappa shape index (κ2) is 3.56. The monoisotopic (exact) mass is 218 g/mol. The van der Waals surface area contributed by atoms with Gasteiger partial charge in [0.2, 0.25) is 5.78 Å². The Hall–Kier alpha value is -1.42. The van der Waals surface area contributed by atoms with E-state index in [2.05, 4.69) is 30.7 Å². The van der Waals surface area contributed by atoms with Crippen LogP contribution in [0.2, 0.25) is 0 Å². The van der Waals surface area contributed by atoms with Crippen LogP contribution in [0.3, 0.4) is 0 Å². The van der Waals surface area contributed by atoms with Crippen LogP contribution in [0.4, 0.5) is 0 Å². The van der Waals surface area contributed by atoms with Crippen molar-refractivity contribution in [1.29, 1.82) is 0 Å². The summed E-state index contributed by atoms with van der Waals surface area (Å²) in [5, 5.41) is 0. The summed E-state index contributed by atoms with van der Waals surface area (Å²) < 4.78 is 1.98. The number of hydrogen-bond acceptors (Lipinski definition) is 3. The van der Waals surface area contributed by atoms with Gasteiger partial charge in [-0.25, -0.2) is 9.97 Å². The number of fused-ring (bicyclic) bond motifs is 1. The summed E-state index contributed by atoms with van der Waals surface area (Å²) in [4.78, 5) is 8.83. The number of nitrogens with zero attached hydrogens (tertiary/aromatic N) is 3. The lowest BCUT2D eigenvalue weighted by molar-refractivity contribution is 0.555. The first kappa shape index (κ1) is 11.1. The Morgan fingerprint density at radius 3 is 2.62 bits per heavy atom. The molecule has 0 aliphatic rings. The van der Waals surface area contributed by atoms with Gasteiger partial charge >= 0.3 is 0 Å². The smallest absolute Gasteiger partial charge is 0.234 e. The van der Waals surface area contributed by atoms with Crippen LogP contribution < -0.4 is 5.73 Å². The molecule has 1 atom stereocenters. The van der Waals surface area contributed by atoms with Crippen molar-refractivity contribution in [2.75, 3.05) is 0 Å². The molecule has 86 valence electrons. The summed E-state index contributed by atoms with van der Waals surface area (Å²) in [6.07, 6.45) is 3.71. The molecule has 2 N–H and O–H groups in total. The molecule has 0 aliphatic heterocycles. The molecule has 0 amide bonds. The van der Waals surface area contributed by atoms with E-state index in [1.807, 2.05) is 23.6 Å². The van der Waals surface area contributed by atoms with Crippen molar-refractivity contribution in [3.05, 3.63) is 29.8 Å². The van der Waals surface area contributed by atoms with Crippen LogP contribution in [-0.4, -0.2) is 14.4 Å². The van der Waals surface area contributed by atoms with Crippen LogP contribution in [0.5, 0.6) is 0 Å². The highest BCUT2D eigenvalue weighted by atomic mass is 15.1. The van der Waals surface area contributed by atoms with Gasteiger partial charge in [-0.3, -0.25) is 4.40 Å². The minimum atomic E-state index is -0.0478. The fraction of sp³-hybridized carbons (Fsp3) is 0.500. The summed E-state index contributed by atoms with van der Waals surface area (Å²) in [5.74, 6) is 0.722. The highest BCUT2D eigenvalue weighted by Gasteiger charge is 2.25. The quantitative estimate of drug-likeness (QED) is 0.797. The van der Waals surface area contributed by atoms with Crippen molar-refractivity contribution in [3.63, 3.8) is 0 Å². The largest absolute Gasteiger partial charge is 0.323 e. The highest BCUT2D eigenvalue weighted by Crippen LogP contribution is 2.28. The molecule has 4 heteroatoms. The van der Waals surface area contributed by atoms with Crippen molar-refractivity contribution < 1.29 is 0 Å². The second-order valence-corrected chi connectivity index (χ2v) is 5.17. The van der Waals surface area contributed by atoms with E-state index in [0.29, 0.717) is 0 Å². The van der Waals surface area contributed by atoms with Gasteiger partial charge in [-0.1, -0.05) is 20.8 Å². The molecule has 2 aromatic heterocycles. The molecular weight excluding hydrogens is 200 g/mol. The summed E-state index contributed by atoms with van der Waals surface area (Å²) in [5.41, 5.74) is 8.10. The molecule has 0 spiro atoms. The lowest BCUT2D eigenvalue weighted by atomic mass is 9.89. The second-order valence-electron chi connectivity index (χ2n) is 5.17. The topological polar surface area (TPSA) is 56.2 Å². The zero-order valence-corrected chi connectivity index (χ0v) is 10.2. The van der Waals surface area contributed by atoms with E-state index in [1.54, 1.807) is 6.20 Å². The number of aromatic nitrogens is 3. The molecule has 0 radical (unpaired) electrons. The van der Waals surface area contributed by atoms with Crippen LogP contribution in [0.25, 0.3) is 5.78 Å². The van der Waals surface area contributed by atoms with Gasteiger partial charge in [-0.05, 0) is 13.0 Å². The predicted octanol–water partition coefficient (Wildman–Crippen LogP) is 2.05. The summed E-state index contributed by atoms with van der Waals surface area (Å²) >= 11 is 0. The van der Waals surface area contributed by atoms with Crippen LogP contribution >= 0.6 is 0 Å². The van der Waals surface area contributed by atoms with Crippen molar-refractivity contribution in [2.24, 2.45) is 5.73 Å². The maximum Gasteiger partial charge on any atom is 0.234 e. The number of nitrogens with two attached hydrogens (primary N) is 1. The molecule has 4 nitrogen and oxygen atoms in total. The molecular formula is C12H18N4. The highest BCUT2D eigenvalue weighted by molar-refractivity contribution is 5.39. The maximum atomic E-state index is 6.03. The Morgan fingerprint density at radius 2 is 2.06 bits per heavy atom. The molecule has 0 saturated heterocycles. The SMILES string of the molecule is CC(N)c1c(C(C)(C)C)nc2ncccn12. The molecule has 16 heavy (non-hydrogen) atoms. The fourth-order valence-corrected chi connectivity index (χ4v) is 1.89. The Kier molecular flexibility index (Phi) is 2.46. The van der Waals surface area contributed by atoms with Gasteiger partial charge in [0.05, 0.1) is 11.4 Å². The Labute approximate surface area is 95.5 Å². The molecule has 0 bridgehead atoms. The normalized spacial score (nSPS) is 14.3. The van der Waals surface area contributed by atoms with E-state index in [-0.39, 0.29) is 11.5 Å². The molecule has 0 aliphatic carbocycles. The first-order chi connectivity index (χ1) is 7.41. The summed E-state index contributed by atoms with van der Waals surface area (Å²) in [6.45, 7) is 8.40. The van der Waals surface area contributed by atoms with Crippen molar-refractivity contribution in [3.8, 4) is 0 Å². The van der Waals surface area contributed by atoms with Crippen molar-refractivity contribution in [1.82, 2.24) is 14.4 Å². The predicted molar refractivity (Wildman–Crippen MR) is 64.3 cm³/mol. The van der Waals surface area contributed by atoms with E-state index in [4.69, 9.17) is 5.73 Å². The maximum absolute atomic E-state index is 6.03. The van der Waals surface area contributed by atoms with Gasteiger partial charge in [-0.2, -0.15) is 0 Å². The summed E-state index contributed by atoms with van der Waals surface area (Å²) in [6, 6.07) is 1.85. The minimum absolute atomic E-state index is 0.0172. The first-order valence-electron chi connectivity index (χ1n) is 5.50. The summed E-state index contributed by atoms with van der Waals surface area (Å²) in [7, 11) is 0. The lowest BCUT2D eigenvalue weighted by Gasteiger charge is -2.19. The van der Waals surface area contributed by atoms with Gasteiger partial charge < -0.3 is 5.73 Å². The van der Waals surface area contributed by atoms with Gasteiger partial charge in [0.25, 0.3) is 0 Å². The molecule has 0 saturated carbocycles. The third-order valence-corrected chi connectivity index (χ3v) is 2.58. The van der Waals surface area contributed by atoms with E-state index in [1.165, 1.54) is 0 Å².